The van der Waals surface area contributed by atoms with Crippen LogP contribution in [0.5, 0.6) is 0 Å². The number of amides is 1. The van der Waals surface area contributed by atoms with E-state index in [1.807, 2.05) is 35.3 Å². The summed E-state index contributed by atoms with van der Waals surface area (Å²) in [6, 6.07) is 7.77. The van der Waals surface area contributed by atoms with Gasteiger partial charge in [0.1, 0.15) is 12.1 Å². The molecule has 0 radical (unpaired) electrons. The molecule has 2 aliphatic rings. The molecule has 3 atom stereocenters. The number of aryl methyl sites for hydroxylation is 1. The molecule has 0 saturated carbocycles. The molecule has 1 aromatic rings. The Labute approximate surface area is 182 Å². The molecule has 3 rings (SSSR count). The van der Waals surface area contributed by atoms with Gasteiger partial charge in [-0.3, -0.25) is 19.9 Å². The standard InChI is InChI=1S/C22H31N3O5.H2O/c1-2-30-22(29)18(13-12-16-8-4-3-5-9-16)23-17-10-6-14-24-15-7-11-19(21(27)28)25(24)20(17)26;/h3-5,8-9,17-19,23H,2,6-7,10-15H2,1H3,(H,27,28);1H2/t17-,18-,19+;/m0./s1. The number of rotatable bonds is 8. The van der Waals surface area contributed by atoms with E-state index < -0.39 is 24.1 Å². The smallest absolute Gasteiger partial charge is 0.328 e. The fourth-order valence-corrected chi connectivity index (χ4v) is 4.26. The van der Waals surface area contributed by atoms with E-state index in [0.29, 0.717) is 38.8 Å². The first kappa shape index (κ1) is 24.8. The van der Waals surface area contributed by atoms with Gasteiger partial charge in [-0.25, -0.2) is 9.80 Å². The van der Waals surface area contributed by atoms with Crippen LogP contribution in [0, 0.1) is 0 Å². The summed E-state index contributed by atoms with van der Waals surface area (Å²) >= 11 is 0. The zero-order valence-electron chi connectivity index (χ0n) is 18.0. The van der Waals surface area contributed by atoms with Crippen molar-refractivity contribution >= 4 is 17.8 Å². The van der Waals surface area contributed by atoms with E-state index in [4.69, 9.17) is 4.74 Å². The molecule has 2 saturated heterocycles. The lowest BCUT2D eigenvalue weighted by atomic mass is 10.0. The third-order valence-electron chi connectivity index (χ3n) is 5.75. The third-order valence-corrected chi connectivity index (χ3v) is 5.75. The molecule has 2 fully saturated rings. The highest BCUT2D eigenvalue weighted by Gasteiger charge is 2.42. The lowest BCUT2D eigenvalue weighted by Gasteiger charge is -2.42. The van der Waals surface area contributed by atoms with Gasteiger partial charge >= 0.3 is 11.9 Å². The van der Waals surface area contributed by atoms with E-state index in [1.54, 1.807) is 6.92 Å². The van der Waals surface area contributed by atoms with Crippen molar-refractivity contribution in [2.45, 2.75) is 63.6 Å². The maximum Gasteiger partial charge on any atom is 0.328 e. The Balaban J connectivity index is 0.00000341. The minimum absolute atomic E-state index is 0. The Morgan fingerprint density at radius 3 is 2.52 bits per heavy atom. The zero-order chi connectivity index (χ0) is 21.5. The van der Waals surface area contributed by atoms with Crippen molar-refractivity contribution in [2.24, 2.45) is 0 Å². The minimum Gasteiger partial charge on any atom is -0.480 e. The highest BCUT2D eigenvalue weighted by Crippen LogP contribution is 2.24. The predicted molar refractivity (Wildman–Crippen MR) is 114 cm³/mol. The van der Waals surface area contributed by atoms with Gasteiger partial charge in [0.2, 0.25) is 0 Å². The summed E-state index contributed by atoms with van der Waals surface area (Å²) in [5.41, 5.74) is 1.11. The molecule has 0 aromatic heterocycles. The van der Waals surface area contributed by atoms with Gasteiger partial charge in [-0.15, -0.1) is 0 Å². The average molecular weight is 436 g/mol. The normalized spacial score (nSPS) is 22.6. The first-order chi connectivity index (χ1) is 14.5. The zero-order valence-corrected chi connectivity index (χ0v) is 18.0. The number of nitrogens with one attached hydrogen (secondary N) is 1. The maximum absolute atomic E-state index is 13.3. The number of carboxylic acid groups (broad SMARTS) is 1. The van der Waals surface area contributed by atoms with E-state index >= 15 is 0 Å². The van der Waals surface area contributed by atoms with Gasteiger partial charge in [0.05, 0.1) is 12.6 Å². The van der Waals surface area contributed by atoms with Crippen LogP contribution in [0.2, 0.25) is 0 Å². The van der Waals surface area contributed by atoms with Crippen LogP contribution >= 0.6 is 0 Å². The Hall–Kier alpha value is -2.49. The largest absolute Gasteiger partial charge is 0.480 e. The van der Waals surface area contributed by atoms with Crippen LogP contribution in [0.15, 0.2) is 30.3 Å². The molecule has 4 N–H and O–H groups in total. The summed E-state index contributed by atoms with van der Waals surface area (Å²) in [4.78, 5) is 37.6. The molecule has 9 nitrogen and oxygen atoms in total. The SMILES string of the molecule is CCOC(=O)[C@H](CCc1ccccc1)N[C@H]1CCCN2CCC[C@H](C(=O)O)N2C1=O.O. The van der Waals surface area contributed by atoms with Crippen molar-refractivity contribution < 1.29 is 29.7 Å². The topological polar surface area (TPSA) is 131 Å². The maximum atomic E-state index is 13.3. The molecule has 2 aliphatic heterocycles. The minimum atomic E-state index is -0.986. The number of esters is 1. The Morgan fingerprint density at radius 2 is 1.87 bits per heavy atom. The van der Waals surface area contributed by atoms with Crippen LogP contribution < -0.4 is 5.32 Å². The monoisotopic (exact) mass is 435 g/mol. The molecule has 9 heteroatoms. The van der Waals surface area contributed by atoms with E-state index in [9.17, 15) is 19.5 Å². The summed E-state index contributed by atoms with van der Waals surface area (Å²) in [6.07, 6.45) is 3.67. The van der Waals surface area contributed by atoms with Crippen LogP contribution in [0.25, 0.3) is 0 Å². The van der Waals surface area contributed by atoms with Gasteiger partial charge in [0, 0.05) is 13.1 Å². The Bertz CT molecular complexity index is 744. The van der Waals surface area contributed by atoms with E-state index in [2.05, 4.69) is 5.32 Å². The molecule has 172 valence electrons. The van der Waals surface area contributed by atoms with Gasteiger partial charge in [-0.2, -0.15) is 0 Å². The molecular weight excluding hydrogens is 402 g/mol. The number of carbonyl (C=O) groups excluding carboxylic acids is 2. The van der Waals surface area contributed by atoms with Crippen molar-refractivity contribution in [3.05, 3.63) is 35.9 Å². The summed E-state index contributed by atoms with van der Waals surface area (Å²) in [5.74, 6) is -1.64. The molecule has 0 unspecified atom stereocenters. The number of nitrogens with zero attached hydrogens (tertiary/aromatic N) is 2. The van der Waals surface area contributed by atoms with Crippen LogP contribution in [0.1, 0.15) is 44.6 Å². The van der Waals surface area contributed by atoms with Crippen molar-refractivity contribution in [1.82, 2.24) is 15.3 Å². The van der Waals surface area contributed by atoms with Gasteiger partial charge in [-0.1, -0.05) is 30.3 Å². The lowest BCUT2D eigenvalue weighted by molar-refractivity contribution is -0.174. The second-order valence-electron chi connectivity index (χ2n) is 7.82. The highest BCUT2D eigenvalue weighted by molar-refractivity contribution is 5.87. The van der Waals surface area contributed by atoms with Crippen LogP contribution in [0.4, 0.5) is 0 Å². The summed E-state index contributed by atoms with van der Waals surface area (Å²) in [6.45, 7) is 3.34. The molecule has 1 amide bonds. The van der Waals surface area contributed by atoms with Crippen molar-refractivity contribution in [3.8, 4) is 0 Å². The Kier molecular flexibility index (Phi) is 9.42. The number of hydrazine groups is 1. The highest BCUT2D eigenvalue weighted by atomic mass is 16.5. The number of hydrogen-bond donors (Lipinski definition) is 2. The first-order valence-electron chi connectivity index (χ1n) is 10.8. The first-order valence-corrected chi connectivity index (χ1v) is 10.8. The third kappa shape index (κ3) is 6.25. The quantitative estimate of drug-likeness (QED) is 0.577. The number of benzene rings is 1. The summed E-state index contributed by atoms with van der Waals surface area (Å²) < 4.78 is 5.24. The van der Waals surface area contributed by atoms with Gasteiger partial charge in [0.25, 0.3) is 5.91 Å². The second-order valence-corrected chi connectivity index (χ2v) is 7.82. The summed E-state index contributed by atoms with van der Waals surface area (Å²) in [7, 11) is 0. The molecule has 0 aliphatic carbocycles. The molecule has 0 bridgehead atoms. The second kappa shape index (κ2) is 11.8. The van der Waals surface area contributed by atoms with Crippen LogP contribution in [0.3, 0.4) is 0 Å². The van der Waals surface area contributed by atoms with E-state index in [0.717, 1.165) is 18.4 Å². The fourth-order valence-electron chi connectivity index (χ4n) is 4.26. The number of carbonyl (C=O) groups is 3. The van der Waals surface area contributed by atoms with Crippen LogP contribution in [-0.2, 0) is 25.5 Å². The Morgan fingerprint density at radius 1 is 1.19 bits per heavy atom. The average Bonchev–Trinajstić information content (AvgIpc) is 2.90. The molecular formula is C22H33N3O6. The van der Waals surface area contributed by atoms with Crippen molar-refractivity contribution in [2.75, 3.05) is 19.7 Å². The molecule has 2 heterocycles. The number of hydrogen-bond acceptors (Lipinski definition) is 6. The number of ether oxygens (including phenoxy) is 1. The number of aliphatic carboxylic acids is 1. The lowest BCUT2D eigenvalue weighted by Crippen LogP contribution is -2.61. The van der Waals surface area contributed by atoms with Gasteiger partial charge in [-0.05, 0) is 51.0 Å². The predicted octanol–water partition coefficient (Wildman–Crippen LogP) is 0.771. The van der Waals surface area contributed by atoms with Crippen molar-refractivity contribution in [3.63, 3.8) is 0 Å². The molecule has 31 heavy (non-hydrogen) atoms. The van der Waals surface area contributed by atoms with Gasteiger partial charge in [0.15, 0.2) is 0 Å². The molecule has 1 aromatic carbocycles. The van der Waals surface area contributed by atoms with Crippen LogP contribution in [-0.4, -0.2) is 76.3 Å². The summed E-state index contributed by atoms with van der Waals surface area (Å²) in [5, 5.41) is 16.1. The number of carboxylic acids is 1. The molecule has 0 spiro atoms. The number of fused-ring (bicyclic) bond motifs is 1. The van der Waals surface area contributed by atoms with E-state index in [1.165, 1.54) is 5.01 Å². The van der Waals surface area contributed by atoms with Crippen molar-refractivity contribution in [1.29, 1.82) is 0 Å². The van der Waals surface area contributed by atoms with E-state index in [-0.39, 0.29) is 24.0 Å². The van der Waals surface area contributed by atoms with Gasteiger partial charge < -0.3 is 15.3 Å². The fraction of sp³-hybridized carbons (Fsp3) is 0.591.